The topological polar surface area (TPSA) is 81.6 Å². The molecule has 2 saturated heterocycles. The molecule has 212 valence electrons. The number of rotatable bonds is 10. The summed E-state index contributed by atoms with van der Waals surface area (Å²) in [6.45, 7) is 16.9. The van der Waals surface area contributed by atoms with Crippen molar-refractivity contribution >= 4 is 36.6 Å². The van der Waals surface area contributed by atoms with Crippen LogP contribution in [0.4, 0.5) is 14.6 Å². The standard InChI is InChI=1S/C26H40ClF2N5O3Si/c1-16(2)37-23-18-20(19(29)21(27)32-23)31-24(35-15-26-9-8-11-34(26)14-17(28)13-26)33-22(18)30-10-12-36-38(6,7)25(3,4)5/h16-17H,8-15H2,1-7H3,(H,30,31,33)/t17-,26+/m1/s1. The highest BCUT2D eigenvalue weighted by molar-refractivity contribution is 6.74. The van der Waals surface area contributed by atoms with Gasteiger partial charge in [0, 0.05) is 19.5 Å². The minimum atomic E-state index is -1.95. The van der Waals surface area contributed by atoms with Gasteiger partial charge in [-0.2, -0.15) is 15.0 Å². The van der Waals surface area contributed by atoms with Gasteiger partial charge >= 0.3 is 6.01 Å². The first kappa shape index (κ1) is 29.2. The zero-order valence-electron chi connectivity index (χ0n) is 23.5. The molecule has 0 amide bonds. The summed E-state index contributed by atoms with van der Waals surface area (Å²) in [6.07, 6.45) is 1.12. The van der Waals surface area contributed by atoms with Crippen LogP contribution in [0.3, 0.4) is 0 Å². The molecule has 2 aromatic rings. The van der Waals surface area contributed by atoms with E-state index in [0.717, 1.165) is 19.4 Å². The van der Waals surface area contributed by atoms with Crippen LogP contribution in [0, 0.1) is 5.82 Å². The third-order valence-corrected chi connectivity index (χ3v) is 12.7. The van der Waals surface area contributed by atoms with Gasteiger partial charge in [0.2, 0.25) is 5.88 Å². The molecule has 38 heavy (non-hydrogen) atoms. The van der Waals surface area contributed by atoms with E-state index in [4.69, 9.17) is 25.5 Å². The van der Waals surface area contributed by atoms with Crippen LogP contribution in [-0.4, -0.2) is 78.8 Å². The van der Waals surface area contributed by atoms with E-state index < -0.39 is 20.3 Å². The normalized spacial score (nSPS) is 22.3. The predicted molar refractivity (Wildman–Crippen MR) is 148 cm³/mol. The van der Waals surface area contributed by atoms with Crippen LogP contribution >= 0.6 is 11.6 Å². The Morgan fingerprint density at radius 3 is 2.66 bits per heavy atom. The molecule has 1 N–H and O–H groups in total. The molecule has 0 aliphatic carbocycles. The van der Waals surface area contributed by atoms with Gasteiger partial charge in [-0.3, -0.25) is 4.90 Å². The molecule has 2 aliphatic rings. The monoisotopic (exact) mass is 571 g/mol. The van der Waals surface area contributed by atoms with Crippen LogP contribution in [0.1, 0.15) is 53.9 Å². The fourth-order valence-electron chi connectivity index (χ4n) is 4.93. The van der Waals surface area contributed by atoms with E-state index in [-0.39, 0.29) is 51.2 Å². The van der Waals surface area contributed by atoms with Gasteiger partial charge in [0.1, 0.15) is 29.5 Å². The molecule has 2 fully saturated rings. The van der Waals surface area contributed by atoms with E-state index in [1.165, 1.54) is 0 Å². The Kier molecular flexibility index (Phi) is 8.43. The summed E-state index contributed by atoms with van der Waals surface area (Å²) in [5.74, 6) is -0.327. The van der Waals surface area contributed by atoms with Crippen molar-refractivity contribution in [2.24, 2.45) is 0 Å². The Bertz CT molecular complexity index is 1170. The van der Waals surface area contributed by atoms with Crippen molar-refractivity contribution < 1.29 is 22.7 Å². The third-order valence-electron chi connectivity index (χ3n) is 7.93. The number of hydrogen-bond donors (Lipinski definition) is 1. The quantitative estimate of drug-likeness (QED) is 0.211. The van der Waals surface area contributed by atoms with E-state index in [9.17, 15) is 4.39 Å². The van der Waals surface area contributed by atoms with Crippen LogP contribution in [0.15, 0.2) is 0 Å². The van der Waals surface area contributed by atoms with E-state index >= 15 is 4.39 Å². The number of hydrogen-bond acceptors (Lipinski definition) is 8. The lowest BCUT2D eigenvalue weighted by Crippen LogP contribution is -2.43. The molecule has 0 bridgehead atoms. The fourth-order valence-corrected chi connectivity index (χ4v) is 6.15. The number of ether oxygens (including phenoxy) is 2. The molecule has 2 atom stereocenters. The van der Waals surface area contributed by atoms with Crippen molar-refractivity contribution in [2.45, 2.75) is 89.8 Å². The SMILES string of the molecule is CC(C)Oc1nc(Cl)c(F)c2nc(OC[C@@]34CCCN3C[C@H](F)C4)nc(NCCO[Si](C)(C)C(C)(C)C)c12. The van der Waals surface area contributed by atoms with Crippen molar-refractivity contribution in [1.82, 2.24) is 19.9 Å². The lowest BCUT2D eigenvalue weighted by Gasteiger charge is -2.36. The number of pyridine rings is 1. The van der Waals surface area contributed by atoms with Gasteiger partial charge in [0.05, 0.1) is 18.2 Å². The molecule has 0 radical (unpaired) electrons. The number of fused-ring (bicyclic) bond motifs is 2. The molecule has 2 aromatic heterocycles. The second kappa shape index (κ2) is 11.0. The first-order chi connectivity index (χ1) is 17.7. The minimum absolute atomic E-state index is 0.00879. The average Bonchev–Trinajstić information content (AvgIpc) is 3.33. The van der Waals surface area contributed by atoms with Gasteiger partial charge in [0.25, 0.3) is 0 Å². The summed E-state index contributed by atoms with van der Waals surface area (Å²) in [5.41, 5.74) is -0.433. The zero-order valence-corrected chi connectivity index (χ0v) is 25.2. The molecule has 0 spiro atoms. The number of nitrogens with one attached hydrogen (secondary N) is 1. The number of alkyl halides is 1. The van der Waals surface area contributed by atoms with Gasteiger partial charge in [-0.25, -0.2) is 8.78 Å². The van der Waals surface area contributed by atoms with Crippen molar-refractivity contribution in [3.63, 3.8) is 0 Å². The largest absolute Gasteiger partial charge is 0.474 e. The molecule has 2 aliphatic heterocycles. The molecule has 8 nitrogen and oxygen atoms in total. The lowest BCUT2D eigenvalue weighted by molar-refractivity contribution is 0.107. The summed E-state index contributed by atoms with van der Waals surface area (Å²) in [5, 5.41) is 3.27. The van der Waals surface area contributed by atoms with E-state index in [1.807, 2.05) is 13.8 Å². The van der Waals surface area contributed by atoms with E-state index in [1.54, 1.807) is 0 Å². The Hall–Kier alpha value is -1.82. The van der Waals surface area contributed by atoms with Crippen LogP contribution in [0.5, 0.6) is 11.9 Å². The highest BCUT2D eigenvalue weighted by Gasteiger charge is 2.49. The van der Waals surface area contributed by atoms with Gasteiger partial charge in [-0.05, 0) is 51.4 Å². The highest BCUT2D eigenvalue weighted by atomic mass is 35.5. The van der Waals surface area contributed by atoms with Crippen molar-refractivity contribution in [2.75, 3.05) is 38.2 Å². The van der Waals surface area contributed by atoms with Crippen molar-refractivity contribution in [1.29, 1.82) is 0 Å². The summed E-state index contributed by atoms with van der Waals surface area (Å²) in [4.78, 5) is 15.2. The third kappa shape index (κ3) is 6.00. The van der Waals surface area contributed by atoms with Crippen molar-refractivity contribution in [3.05, 3.63) is 11.0 Å². The Morgan fingerprint density at radius 1 is 1.24 bits per heavy atom. The number of aromatic nitrogens is 3. The Balaban J connectivity index is 1.64. The smallest absolute Gasteiger partial charge is 0.319 e. The molecule has 0 aromatic carbocycles. The van der Waals surface area contributed by atoms with Gasteiger partial charge < -0.3 is 19.2 Å². The zero-order chi connectivity index (χ0) is 27.9. The lowest BCUT2D eigenvalue weighted by atomic mass is 9.95. The second-order valence-electron chi connectivity index (χ2n) is 12.2. The molecular weight excluding hydrogens is 532 g/mol. The van der Waals surface area contributed by atoms with E-state index in [0.29, 0.717) is 31.9 Å². The van der Waals surface area contributed by atoms with Gasteiger partial charge in [-0.1, -0.05) is 32.4 Å². The summed E-state index contributed by atoms with van der Waals surface area (Å²) < 4.78 is 47.7. The van der Waals surface area contributed by atoms with Crippen LogP contribution in [-0.2, 0) is 4.43 Å². The van der Waals surface area contributed by atoms with Crippen LogP contribution in [0.2, 0.25) is 23.3 Å². The maximum absolute atomic E-state index is 15.3. The molecule has 4 heterocycles. The number of anilines is 1. The Labute approximate surface area is 229 Å². The minimum Gasteiger partial charge on any atom is -0.474 e. The van der Waals surface area contributed by atoms with Crippen LogP contribution in [0.25, 0.3) is 10.9 Å². The first-order valence-electron chi connectivity index (χ1n) is 13.4. The molecule has 0 saturated carbocycles. The molecule has 0 unspecified atom stereocenters. The fraction of sp³-hybridized carbons (Fsp3) is 0.731. The highest BCUT2D eigenvalue weighted by Crippen LogP contribution is 2.41. The molecular formula is C26H40ClF2N5O3Si. The second-order valence-corrected chi connectivity index (χ2v) is 17.3. The Morgan fingerprint density at radius 2 is 1.97 bits per heavy atom. The number of nitrogens with zero attached hydrogens (tertiary/aromatic N) is 4. The number of halogens is 3. The van der Waals surface area contributed by atoms with Crippen molar-refractivity contribution in [3.8, 4) is 11.9 Å². The summed E-state index contributed by atoms with van der Waals surface area (Å²) >= 11 is 6.12. The first-order valence-corrected chi connectivity index (χ1v) is 16.6. The van der Waals surface area contributed by atoms with Gasteiger partial charge in [-0.15, -0.1) is 0 Å². The average molecular weight is 572 g/mol. The summed E-state index contributed by atoms with van der Waals surface area (Å²) in [6, 6.07) is -0.00879. The molecule has 12 heteroatoms. The maximum atomic E-state index is 15.3. The van der Waals surface area contributed by atoms with Gasteiger partial charge in [0.15, 0.2) is 19.3 Å². The maximum Gasteiger partial charge on any atom is 0.319 e. The predicted octanol–water partition coefficient (Wildman–Crippen LogP) is 5.99. The molecule has 4 rings (SSSR count). The van der Waals surface area contributed by atoms with E-state index in [2.05, 4.69) is 59.0 Å². The summed E-state index contributed by atoms with van der Waals surface area (Å²) in [7, 11) is -1.95. The van der Waals surface area contributed by atoms with Crippen LogP contribution < -0.4 is 14.8 Å².